The Kier molecular flexibility index (Phi) is 3.33. The van der Waals surface area contributed by atoms with Crippen LogP contribution in [0.15, 0.2) is 12.3 Å². The van der Waals surface area contributed by atoms with Gasteiger partial charge in [0.05, 0.1) is 17.2 Å². The number of hydrogen-bond acceptors (Lipinski definition) is 4. The predicted octanol–water partition coefficient (Wildman–Crippen LogP) is 0.623. The largest absolute Gasteiger partial charge is 0.389 e. The number of hydrogen-bond donors (Lipinski definition) is 1. The van der Waals surface area contributed by atoms with Crippen LogP contribution in [0.2, 0.25) is 0 Å². The van der Waals surface area contributed by atoms with Gasteiger partial charge in [-0.3, -0.25) is 14.9 Å². The van der Waals surface area contributed by atoms with Gasteiger partial charge in [0.15, 0.2) is 0 Å². The van der Waals surface area contributed by atoms with Crippen molar-refractivity contribution in [2.75, 3.05) is 13.1 Å². The molecule has 1 aromatic heterocycles. The van der Waals surface area contributed by atoms with Gasteiger partial charge in [0.1, 0.15) is 5.69 Å². The predicted molar refractivity (Wildman–Crippen MR) is 63.3 cm³/mol. The van der Waals surface area contributed by atoms with Crippen molar-refractivity contribution in [2.24, 2.45) is 0 Å². The summed E-state index contributed by atoms with van der Waals surface area (Å²) in [6.07, 6.45) is 1.69. The first kappa shape index (κ1) is 12.6. The van der Waals surface area contributed by atoms with Gasteiger partial charge in [0.2, 0.25) is 0 Å². The van der Waals surface area contributed by atoms with E-state index in [2.05, 4.69) is 0 Å². The number of likely N-dealkylation sites (tertiary alicyclic amines) is 1. The molecule has 0 radical (unpaired) electrons. The molecule has 1 aliphatic rings. The maximum Gasteiger partial charge on any atom is 0.287 e. The molecule has 0 unspecified atom stereocenters. The molecule has 98 valence electrons. The Morgan fingerprint density at radius 2 is 2.28 bits per heavy atom. The third-order valence-corrected chi connectivity index (χ3v) is 2.93. The first-order valence-electron chi connectivity index (χ1n) is 5.84. The lowest BCUT2D eigenvalue weighted by Crippen LogP contribution is -2.53. The van der Waals surface area contributed by atoms with Crippen LogP contribution in [0.1, 0.15) is 23.8 Å². The molecular weight excluding hydrogens is 238 g/mol. The van der Waals surface area contributed by atoms with E-state index in [0.717, 1.165) is 6.42 Å². The molecule has 1 aliphatic heterocycles. The highest BCUT2D eigenvalue weighted by molar-refractivity contribution is 5.94. The summed E-state index contributed by atoms with van der Waals surface area (Å²) in [7, 11) is 0. The molecule has 0 bridgehead atoms. The van der Waals surface area contributed by atoms with Crippen LogP contribution in [-0.4, -0.2) is 44.6 Å². The minimum absolute atomic E-state index is 0.0760. The number of amides is 1. The molecule has 18 heavy (non-hydrogen) atoms. The maximum atomic E-state index is 12.1. The normalized spacial score (nSPS) is 15.6. The molecular formula is C11H15N3O4. The molecule has 0 atom stereocenters. The number of aryl methyl sites for hydroxylation is 1. The van der Waals surface area contributed by atoms with Gasteiger partial charge in [-0.25, -0.2) is 0 Å². The number of β-amino-alcohol motifs (C(OH)–C–C–N with tert-alkyl or cyclic N) is 1. The molecule has 1 aromatic rings. The number of carbonyl (C=O) groups excluding carboxylic acids is 1. The van der Waals surface area contributed by atoms with E-state index in [4.69, 9.17) is 0 Å². The molecule has 1 N–H and O–H groups in total. The summed E-state index contributed by atoms with van der Waals surface area (Å²) in [5.41, 5.74) is 0.239. The number of nitrogens with zero attached hydrogens (tertiary/aromatic N) is 3. The molecule has 0 aliphatic carbocycles. The van der Waals surface area contributed by atoms with Gasteiger partial charge in [-0.1, -0.05) is 6.92 Å². The Balaban J connectivity index is 2.24. The molecule has 0 saturated carbocycles. The summed E-state index contributed by atoms with van der Waals surface area (Å²) >= 11 is 0. The summed E-state index contributed by atoms with van der Waals surface area (Å²) in [4.78, 5) is 23.8. The van der Waals surface area contributed by atoms with Crippen LogP contribution in [0.4, 0.5) is 5.69 Å². The third kappa shape index (κ3) is 2.21. The summed E-state index contributed by atoms with van der Waals surface area (Å²) < 4.78 is 1.60. The van der Waals surface area contributed by atoms with Gasteiger partial charge >= 0.3 is 0 Å². The van der Waals surface area contributed by atoms with Crippen LogP contribution in [0.25, 0.3) is 0 Å². The molecule has 1 saturated heterocycles. The lowest BCUT2D eigenvalue weighted by molar-refractivity contribution is -0.384. The van der Waals surface area contributed by atoms with Crippen molar-refractivity contribution in [2.45, 2.75) is 26.0 Å². The van der Waals surface area contributed by atoms with Crippen LogP contribution < -0.4 is 0 Å². The van der Waals surface area contributed by atoms with E-state index >= 15 is 0 Å². The average Bonchev–Trinajstić information content (AvgIpc) is 2.69. The Labute approximate surface area is 104 Å². The molecule has 7 nitrogen and oxygen atoms in total. The van der Waals surface area contributed by atoms with Crippen molar-refractivity contribution < 1.29 is 14.8 Å². The molecule has 0 aromatic carbocycles. The average molecular weight is 253 g/mol. The van der Waals surface area contributed by atoms with E-state index in [1.165, 1.54) is 17.2 Å². The lowest BCUT2D eigenvalue weighted by atomic mass is 10.1. The number of nitro groups is 1. The van der Waals surface area contributed by atoms with Gasteiger partial charge in [-0.05, 0) is 6.42 Å². The highest BCUT2D eigenvalue weighted by atomic mass is 16.6. The fourth-order valence-corrected chi connectivity index (χ4v) is 1.98. The van der Waals surface area contributed by atoms with E-state index in [9.17, 15) is 20.0 Å². The molecule has 1 amide bonds. The third-order valence-electron chi connectivity index (χ3n) is 2.93. The molecule has 7 heteroatoms. The van der Waals surface area contributed by atoms with E-state index in [-0.39, 0.29) is 11.6 Å². The summed E-state index contributed by atoms with van der Waals surface area (Å²) in [5, 5.41) is 19.9. The highest BCUT2D eigenvalue weighted by Gasteiger charge is 2.32. The first-order chi connectivity index (χ1) is 8.52. The van der Waals surface area contributed by atoms with Gasteiger partial charge in [0, 0.05) is 25.7 Å². The van der Waals surface area contributed by atoms with Crippen molar-refractivity contribution in [3.63, 3.8) is 0 Å². The van der Waals surface area contributed by atoms with Crippen molar-refractivity contribution in [1.82, 2.24) is 9.47 Å². The number of aliphatic hydroxyl groups is 1. The Morgan fingerprint density at radius 3 is 2.78 bits per heavy atom. The van der Waals surface area contributed by atoms with Crippen molar-refractivity contribution in [3.05, 3.63) is 28.1 Å². The summed E-state index contributed by atoms with van der Waals surface area (Å²) in [6, 6.07) is 1.29. The monoisotopic (exact) mass is 253 g/mol. The fraction of sp³-hybridized carbons (Fsp3) is 0.545. The van der Waals surface area contributed by atoms with Gasteiger partial charge in [-0.2, -0.15) is 0 Å². The standard InChI is InChI=1S/C11H15N3O4/c1-2-3-12-5-8(14(17)18)4-10(12)11(16)13-6-9(15)7-13/h4-5,9,15H,2-3,6-7H2,1H3. The second kappa shape index (κ2) is 4.77. The van der Waals surface area contributed by atoms with Crippen molar-refractivity contribution in [1.29, 1.82) is 0 Å². The van der Waals surface area contributed by atoms with Crippen LogP contribution in [0.3, 0.4) is 0 Å². The summed E-state index contributed by atoms with van der Waals surface area (Å²) in [5.74, 6) is -0.262. The number of carbonyl (C=O) groups is 1. The fourth-order valence-electron chi connectivity index (χ4n) is 1.98. The second-order valence-electron chi connectivity index (χ2n) is 4.40. The number of aliphatic hydroxyl groups excluding tert-OH is 1. The Bertz CT molecular complexity index is 477. The topological polar surface area (TPSA) is 88.6 Å². The van der Waals surface area contributed by atoms with E-state index in [1.807, 2.05) is 6.92 Å². The van der Waals surface area contributed by atoms with Gasteiger partial charge in [-0.15, -0.1) is 0 Å². The summed E-state index contributed by atoms with van der Waals surface area (Å²) in [6.45, 7) is 3.09. The zero-order chi connectivity index (χ0) is 13.3. The molecule has 2 rings (SSSR count). The Morgan fingerprint density at radius 1 is 1.61 bits per heavy atom. The van der Waals surface area contributed by atoms with E-state index in [0.29, 0.717) is 25.3 Å². The minimum Gasteiger partial charge on any atom is -0.389 e. The van der Waals surface area contributed by atoms with E-state index in [1.54, 1.807) is 4.57 Å². The molecule has 2 heterocycles. The van der Waals surface area contributed by atoms with Crippen LogP contribution in [0, 0.1) is 10.1 Å². The smallest absolute Gasteiger partial charge is 0.287 e. The van der Waals surface area contributed by atoms with Crippen molar-refractivity contribution in [3.8, 4) is 0 Å². The Hall–Kier alpha value is -1.89. The minimum atomic E-state index is -0.506. The van der Waals surface area contributed by atoms with E-state index < -0.39 is 11.0 Å². The maximum absolute atomic E-state index is 12.1. The zero-order valence-corrected chi connectivity index (χ0v) is 10.1. The molecule has 0 spiro atoms. The second-order valence-corrected chi connectivity index (χ2v) is 4.40. The van der Waals surface area contributed by atoms with Gasteiger partial charge in [0.25, 0.3) is 11.6 Å². The zero-order valence-electron chi connectivity index (χ0n) is 10.1. The number of rotatable bonds is 4. The van der Waals surface area contributed by atoms with Gasteiger partial charge < -0.3 is 14.6 Å². The SMILES string of the molecule is CCCn1cc([N+](=O)[O-])cc1C(=O)N1CC(O)C1. The first-order valence-corrected chi connectivity index (χ1v) is 5.84. The van der Waals surface area contributed by atoms with Crippen LogP contribution in [0.5, 0.6) is 0 Å². The lowest BCUT2D eigenvalue weighted by Gasteiger charge is -2.35. The molecule has 1 fully saturated rings. The van der Waals surface area contributed by atoms with Crippen LogP contribution >= 0.6 is 0 Å². The quantitative estimate of drug-likeness (QED) is 0.629. The van der Waals surface area contributed by atoms with Crippen LogP contribution in [-0.2, 0) is 6.54 Å². The number of aromatic nitrogens is 1. The highest BCUT2D eigenvalue weighted by Crippen LogP contribution is 2.20. The van der Waals surface area contributed by atoms with Crippen molar-refractivity contribution >= 4 is 11.6 Å².